The molecule has 150 valence electrons. The van der Waals surface area contributed by atoms with E-state index < -0.39 is 29.8 Å². The molecule has 2 atom stereocenters. The molecular formula is C19H23FN4O4. The number of imide groups is 1. The number of nitrogens with one attached hydrogen (secondary N) is 1. The Hall–Kier alpha value is -2.94. The van der Waals surface area contributed by atoms with Crippen LogP contribution < -0.4 is 5.32 Å². The predicted octanol–water partition coefficient (Wildman–Crippen LogP) is 1.38. The van der Waals surface area contributed by atoms with Gasteiger partial charge in [0.2, 0.25) is 5.91 Å². The summed E-state index contributed by atoms with van der Waals surface area (Å²) >= 11 is 0. The van der Waals surface area contributed by atoms with Crippen LogP contribution in [0.15, 0.2) is 30.0 Å². The molecule has 1 fully saturated rings. The molecule has 0 aromatic heterocycles. The average Bonchev–Trinajstić information content (AvgIpc) is 3.05. The number of ether oxygens (including phenoxy) is 1. The lowest BCUT2D eigenvalue weighted by Crippen LogP contribution is -2.62. The highest BCUT2D eigenvalue weighted by Gasteiger charge is 2.50. The maximum absolute atomic E-state index is 13.8. The number of aryl methyl sites for hydroxylation is 1. The fraction of sp³-hybridized carbons (Fsp3) is 0.421. The van der Waals surface area contributed by atoms with Crippen LogP contribution in [0.1, 0.15) is 5.56 Å². The van der Waals surface area contributed by atoms with Crippen LogP contribution in [0.25, 0.3) is 0 Å². The van der Waals surface area contributed by atoms with Gasteiger partial charge in [0.15, 0.2) is 0 Å². The molecule has 2 aliphatic rings. The summed E-state index contributed by atoms with van der Waals surface area (Å²) in [4.78, 5) is 42.0. The molecule has 3 rings (SSSR count). The second-order valence-electron chi connectivity index (χ2n) is 6.89. The minimum absolute atomic E-state index is 0.247. The van der Waals surface area contributed by atoms with Gasteiger partial charge in [0.25, 0.3) is 5.91 Å². The number of benzene rings is 1. The van der Waals surface area contributed by atoms with Gasteiger partial charge in [-0.3, -0.25) is 14.5 Å². The monoisotopic (exact) mass is 390 g/mol. The summed E-state index contributed by atoms with van der Waals surface area (Å²) in [7, 11) is 4.53. The molecule has 0 bridgehead atoms. The van der Waals surface area contributed by atoms with Gasteiger partial charge in [-0.05, 0) is 30.7 Å². The van der Waals surface area contributed by atoms with Gasteiger partial charge in [-0.25, -0.2) is 9.18 Å². The summed E-state index contributed by atoms with van der Waals surface area (Å²) in [5, 5.41) is 2.66. The van der Waals surface area contributed by atoms with E-state index in [2.05, 4.69) is 5.32 Å². The molecule has 1 N–H and O–H groups in total. The maximum Gasteiger partial charge on any atom is 0.327 e. The van der Waals surface area contributed by atoms with Gasteiger partial charge >= 0.3 is 6.03 Å². The van der Waals surface area contributed by atoms with Crippen LogP contribution in [0.3, 0.4) is 0 Å². The van der Waals surface area contributed by atoms with Gasteiger partial charge in [-0.15, -0.1) is 0 Å². The fourth-order valence-corrected chi connectivity index (χ4v) is 3.52. The number of nitrogens with zero attached hydrogens (tertiary/aromatic N) is 3. The van der Waals surface area contributed by atoms with Crippen molar-refractivity contribution in [3.63, 3.8) is 0 Å². The van der Waals surface area contributed by atoms with Crippen molar-refractivity contribution in [3.05, 3.63) is 41.4 Å². The lowest BCUT2D eigenvalue weighted by atomic mass is 10.0. The summed E-state index contributed by atoms with van der Waals surface area (Å²) in [6, 6.07) is 3.97. The molecule has 2 heterocycles. The number of carbonyl (C=O) groups is 3. The molecule has 0 radical (unpaired) electrons. The maximum atomic E-state index is 13.8. The fourth-order valence-electron chi connectivity index (χ4n) is 3.52. The highest BCUT2D eigenvalue weighted by molar-refractivity contribution is 6.06. The number of rotatable bonds is 5. The van der Waals surface area contributed by atoms with Crippen LogP contribution in [0, 0.1) is 18.7 Å². The van der Waals surface area contributed by atoms with Gasteiger partial charge < -0.3 is 19.9 Å². The molecule has 2 aliphatic heterocycles. The van der Waals surface area contributed by atoms with Crippen molar-refractivity contribution in [3.8, 4) is 0 Å². The lowest BCUT2D eigenvalue weighted by molar-refractivity contribution is -0.137. The highest BCUT2D eigenvalue weighted by atomic mass is 19.1. The minimum atomic E-state index is -0.667. The van der Waals surface area contributed by atoms with Crippen molar-refractivity contribution < 1.29 is 23.5 Å². The molecule has 4 amide bonds. The van der Waals surface area contributed by atoms with Crippen LogP contribution >= 0.6 is 0 Å². The molecule has 0 spiro atoms. The lowest BCUT2D eigenvalue weighted by Gasteiger charge is -2.43. The number of anilines is 1. The molecule has 1 aromatic carbocycles. The van der Waals surface area contributed by atoms with Crippen molar-refractivity contribution >= 4 is 23.5 Å². The first-order chi connectivity index (χ1) is 13.3. The summed E-state index contributed by atoms with van der Waals surface area (Å²) in [6.45, 7) is 2.25. The van der Waals surface area contributed by atoms with Gasteiger partial charge in [-0.2, -0.15) is 0 Å². The first-order valence-corrected chi connectivity index (χ1v) is 8.85. The number of urea groups is 1. The first-order valence-electron chi connectivity index (χ1n) is 8.85. The molecule has 1 aromatic rings. The molecule has 28 heavy (non-hydrogen) atoms. The summed E-state index contributed by atoms with van der Waals surface area (Å²) in [6.07, 6.45) is 0.948. The van der Waals surface area contributed by atoms with Crippen molar-refractivity contribution in [2.24, 2.45) is 5.92 Å². The smallest absolute Gasteiger partial charge is 0.327 e. The van der Waals surface area contributed by atoms with Crippen molar-refractivity contribution in [2.75, 3.05) is 39.7 Å². The zero-order valence-corrected chi connectivity index (χ0v) is 16.2. The number of hydrogen-bond acceptors (Lipinski definition) is 5. The Morgan fingerprint density at radius 1 is 1.29 bits per heavy atom. The van der Waals surface area contributed by atoms with Crippen LogP contribution in [-0.2, 0) is 14.3 Å². The van der Waals surface area contributed by atoms with Crippen LogP contribution in [0.2, 0.25) is 0 Å². The molecule has 1 saturated heterocycles. The minimum Gasteiger partial charge on any atom is -0.383 e. The standard InChI is InChI=1S/C19H23FN4O4/c1-11-5-6-12(9-14(11)20)21-16(25)15-10-13-17(24(15)7-8-28-4)22(2)19(27)23(3)18(13)26/h5-6,9-10,13,17H,7-8H2,1-4H3,(H,21,25). The number of halogens is 1. The zero-order chi connectivity index (χ0) is 20.6. The number of amides is 4. The van der Waals surface area contributed by atoms with E-state index in [1.807, 2.05) is 0 Å². The highest BCUT2D eigenvalue weighted by Crippen LogP contribution is 2.34. The van der Waals surface area contributed by atoms with Gasteiger partial charge in [0.1, 0.15) is 17.7 Å². The summed E-state index contributed by atoms with van der Waals surface area (Å²) in [5.74, 6) is -1.95. The van der Waals surface area contributed by atoms with Gasteiger partial charge in [0.05, 0.1) is 12.5 Å². The molecular weight excluding hydrogens is 367 g/mol. The van der Waals surface area contributed by atoms with Crippen molar-refractivity contribution in [2.45, 2.75) is 13.1 Å². The van der Waals surface area contributed by atoms with E-state index in [0.29, 0.717) is 24.4 Å². The molecule has 2 unspecified atom stereocenters. The number of methoxy groups -OCH3 is 1. The van der Waals surface area contributed by atoms with E-state index >= 15 is 0 Å². The first kappa shape index (κ1) is 19.8. The van der Waals surface area contributed by atoms with E-state index in [4.69, 9.17) is 4.74 Å². The number of carbonyl (C=O) groups excluding carboxylic acids is 3. The van der Waals surface area contributed by atoms with E-state index in [9.17, 15) is 18.8 Å². The summed E-state index contributed by atoms with van der Waals surface area (Å²) < 4.78 is 18.9. The quantitative estimate of drug-likeness (QED) is 0.822. The molecule has 0 saturated carbocycles. The second kappa shape index (κ2) is 7.59. The topological polar surface area (TPSA) is 82.2 Å². The van der Waals surface area contributed by atoms with Crippen molar-refractivity contribution in [1.82, 2.24) is 14.7 Å². The normalized spacial score (nSPS) is 21.8. The summed E-state index contributed by atoms with van der Waals surface area (Å²) in [5.41, 5.74) is 1.03. The Morgan fingerprint density at radius 2 is 2.00 bits per heavy atom. The predicted molar refractivity (Wildman–Crippen MR) is 99.6 cm³/mol. The molecule has 8 nitrogen and oxygen atoms in total. The Bertz CT molecular complexity index is 856. The molecule has 0 aliphatic carbocycles. The Kier molecular flexibility index (Phi) is 5.37. The average molecular weight is 390 g/mol. The Labute approximate surface area is 162 Å². The Morgan fingerprint density at radius 3 is 2.64 bits per heavy atom. The largest absolute Gasteiger partial charge is 0.383 e. The Balaban J connectivity index is 1.90. The van der Waals surface area contributed by atoms with Crippen LogP contribution in [-0.4, -0.2) is 73.1 Å². The van der Waals surface area contributed by atoms with Gasteiger partial charge in [0, 0.05) is 33.4 Å². The SMILES string of the molecule is COCCN1C(C(=O)Nc2ccc(C)c(F)c2)=CC2C(=O)N(C)C(=O)N(C)C21. The van der Waals surface area contributed by atoms with E-state index in [-0.39, 0.29) is 11.6 Å². The van der Waals surface area contributed by atoms with Crippen molar-refractivity contribution in [1.29, 1.82) is 0 Å². The van der Waals surface area contributed by atoms with E-state index in [0.717, 1.165) is 4.90 Å². The third-order valence-corrected chi connectivity index (χ3v) is 5.09. The third kappa shape index (κ3) is 3.33. The van der Waals surface area contributed by atoms with Gasteiger partial charge in [-0.1, -0.05) is 6.07 Å². The molecule has 9 heteroatoms. The third-order valence-electron chi connectivity index (χ3n) is 5.09. The van der Waals surface area contributed by atoms with E-state index in [1.165, 1.54) is 25.1 Å². The van der Waals surface area contributed by atoms with Crippen LogP contribution in [0.4, 0.5) is 14.9 Å². The second-order valence-corrected chi connectivity index (χ2v) is 6.89. The number of hydrogen-bond donors (Lipinski definition) is 1. The zero-order valence-electron chi connectivity index (χ0n) is 16.2. The number of fused-ring (bicyclic) bond motifs is 1. The van der Waals surface area contributed by atoms with E-state index in [1.54, 1.807) is 37.1 Å². The van der Waals surface area contributed by atoms with Crippen LogP contribution in [0.5, 0.6) is 0 Å².